The van der Waals surface area contributed by atoms with E-state index in [0.29, 0.717) is 23.5 Å². The molecule has 3 aromatic rings. The number of hydrogen-bond donors (Lipinski definition) is 4. The van der Waals surface area contributed by atoms with Gasteiger partial charge in [0.15, 0.2) is 0 Å². The summed E-state index contributed by atoms with van der Waals surface area (Å²) in [5.41, 5.74) is 1.79. The van der Waals surface area contributed by atoms with Gasteiger partial charge in [0, 0.05) is 34.7 Å². The highest BCUT2D eigenvalue weighted by atomic mass is 19.4. The molecule has 7 nitrogen and oxygen atoms in total. The molecule has 0 fully saturated rings. The Labute approximate surface area is 206 Å². The molecule has 0 aliphatic carbocycles. The van der Waals surface area contributed by atoms with E-state index in [0.717, 1.165) is 17.7 Å². The van der Waals surface area contributed by atoms with E-state index in [2.05, 4.69) is 21.3 Å². The Morgan fingerprint density at radius 1 is 0.778 bits per heavy atom. The van der Waals surface area contributed by atoms with Crippen LogP contribution in [-0.2, 0) is 15.8 Å². The van der Waals surface area contributed by atoms with Crippen LogP contribution in [0.25, 0.3) is 0 Å². The molecule has 0 unspecified atom stereocenters. The van der Waals surface area contributed by atoms with E-state index in [1.165, 1.54) is 24.3 Å². The number of rotatable bonds is 8. The van der Waals surface area contributed by atoms with Gasteiger partial charge in [0.25, 0.3) is 5.91 Å². The van der Waals surface area contributed by atoms with Crippen molar-refractivity contribution in [2.75, 3.05) is 27.8 Å². The van der Waals surface area contributed by atoms with Crippen molar-refractivity contribution in [3.05, 3.63) is 83.4 Å². The Bertz CT molecular complexity index is 1280. The van der Waals surface area contributed by atoms with E-state index >= 15 is 0 Å². The monoisotopic (exact) mass is 498 g/mol. The van der Waals surface area contributed by atoms with Crippen LogP contribution in [0.1, 0.15) is 34.8 Å². The van der Waals surface area contributed by atoms with Gasteiger partial charge in [0.05, 0.1) is 12.1 Å². The second kappa shape index (κ2) is 11.4. The molecule has 0 saturated heterocycles. The van der Waals surface area contributed by atoms with Gasteiger partial charge in [-0.3, -0.25) is 14.4 Å². The van der Waals surface area contributed by atoms with Gasteiger partial charge in [-0.25, -0.2) is 0 Å². The van der Waals surface area contributed by atoms with Crippen LogP contribution in [0.5, 0.6) is 0 Å². The van der Waals surface area contributed by atoms with Crippen LogP contribution in [0.15, 0.2) is 66.7 Å². The number of nitrogens with one attached hydrogen (secondary N) is 4. The Kier molecular flexibility index (Phi) is 8.31. The number of aryl methyl sites for hydroxylation is 1. The van der Waals surface area contributed by atoms with Gasteiger partial charge in [-0.15, -0.1) is 0 Å². The number of carbonyl (C=O) groups is 3. The zero-order valence-corrected chi connectivity index (χ0v) is 19.6. The van der Waals surface area contributed by atoms with Crippen molar-refractivity contribution in [1.82, 2.24) is 0 Å². The number of hydrogen-bond acceptors (Lipinski definition) is 4. The van der Waals surface area contributed by atoms with Crippen molar-refractivity contribution >= 4 is 40.5 Å². The van der Waals surface area contributed by atoms with Crippen molar-refractivity contribution in [3.63, 3.8) is 0 Å². The summed E-state index contributed by atoms with van der Waals surface area (Å²) in [4.78, 5) is 36.6. The Balaban J connectivity index is 1.59. The van der Waals surface area contributed by atoms with E-state index in [9.17, 15) is 27.6 Å². The quantitative estimate of drug-likeness (QED) is 0.322. The summed E-state index contributed by atoms with van der Waals surface area (Å²) in [6, 6.07) is 15.7. The molecule has 3 rings (SSSR count). The maximum absolute atomic E-state index is 12.9. The van der Waals surface area contributed by atoms with Crippen LogP contribution < -0.4 is 21.3 Å². The third-order valence-electron chi connectivity index (χ3n) is 5.14. The minimum atomic E-state index is -4.52. The minimum Gasteiger partial charge on any atom is -0.376 e. The SMILES string of the molecule is CCC(=O)Nc1cc(NC(=O)CNc2cccc(C(=O)Nc3cccc(C(F)(F)F)c3)c2)ccc1C. The van der Waals surface area contributed by atoms with Gasteiger partial charge in [-0.2, -0.15) is 13.2 Å². The van der Waals surface area contributed by atoms with Crippen molar-refractivity contribution in [1.29, 1.82) is 0 Å². The van der Waals surface area contributed by atoms with Crippen LogP contribution in [0.3, 0.4) is 0 Å². The number of benzene rings is 3. The average molecular weight is 499 g/mol. The average Bonchev–Trinajstić information content (AvgIpc) is 2.84. The predicted molar refractivity (Wildman–Crippen MR) is 133 cm³/mol. The van der Waals surface area contributed by atoms with Crippen LogP contribution in [0, 0.1) is 6.92 Å². The summed E-state index contributed by atoms with van der Waals surface area (Å²) in [6.07, 6.45) is -4.19. The number of alkyl halides is 3. The predicted octanol–water partition coefficient (Wildman–Crippen LogP) is 5.67. The molecule has 0 atom stereocenters. The maximum Gasteiger partial charge on any atom is 0.416 e. The van der Waals surface area contributed by atoms with Crippen LogP contribution in [0.2, 0.25) is 0 Å². The molecule has 36 heavy (non-hydrogen) atoms. The van der Waals surface area contributed by atoms with Crippen molar-refractivity contribution < 1.29 is 27.6 Å². The molecule has 0 heterocycles. The fourth-order valence-corrected chi connectivity index (χ4v) is 3.21. The second-order valence-electron chi connectivity index (χ2n) is 7.95. The molecule has 10 heteroatoms. The van der Waals surface area contributed by atoms with E-state index in [-0.39, 0.29) is 29.6 Å². The Hall–Kier alpha value is -4.34. The molecular formula is C26H25F3N4O3. The van der Waals surface area contributed by atoms with Crippen LogP contribution in [-0.4, -0.2) is 24.3 Å². The lowest BCUT2D eigenvalue weighted by molar-refractivity contribution is -0.137. The van der Waals surface area contributed by atoms with Gasteiger partial charge in [0.1, 0.15) is 0 Å². The van der Waals surface area contributed by atoms with Crippen LogP contribution >= 0.6 is 0 Å². The summed E-state index contributed by atoms with van der Waals surface area (Å²) in [5.74, 6) is -1.09. The highest BCUT2D eigenvalue weighted by Gasteiger charge is 2.30. The zero-order chi connectivity index (χ0) is 26.3. The highest BCUT2D eigenvalue weighted by Crippen LogP contribution is 2.30. The zero-order valence-electron chi connectivity index (χ0n) is 19.6. The molecule has 3 amide bonds. The molecule has 0 aliphatic heterocycles. The lowest BCUT2D eigenvalue weighted by Gasteiger charge is -2.12. The highest BCUT2D eigenvalue weighted by molar-refractivity contribution is 6.05. The van der Waals surface area contributed by atoms with Gasteiger partial charge < -0.3 is 21.3 Å². The normalized spacial score (nSPS) is 10.9. The smallest absolute Gasteiger partial charge is 0.376 e. The molecule has 0 aromatic heterocycles. The largest absolute Gasteiger partial charge is 0.416 e. The topological polar surface area (TPSA) is 99.3 Å². The van der Waals surface area contributed by atoms with Gasteiger partial charge in [-0.05, 0) is 61.0 Å². The molecule has 0 bridgehead atoms. The summed E-state index contributed by atoms with van der Waals surface area (Å²) < 4.78 is 38.7. The molecule has 0 radical (unpaired) electrons. The van der Waals surface area contributed by atoms with Crippen molar-refractivity contribution in [3.8, 4) is 0 Å². The van der Waals surface area contributed by atoms with E-state index in [4.69, 9.17) is 0 Å². The number of carbonyl (C=O) groups excluding carboxylic acids is 3. The van der Waals surface area contributed by atoms with Gasteiger partial charge >= 0.3 is 6.18 Å². The Morgan fingerprint density at radius 3 is 2.19 bits per heavy atom. The fraction of sp³-hybridized carbons (Fsp3) is 0.192. The number of anilines is 4. The molecule has 0 aliphatic rings. The second-order valence-corrected chi connectivity index (χ2v) is 7.95. The first kappa shape index (κ1) is 26.3. The first-order valence-electron chi connectivity index (χ1n) is 11.1. The van der Waals surface area contributed by atoms with Gasteiger partial charge in [0.2, 0.25) is 11.8 Å². The lowest BCUT2D eigenvalue weighted by atomic mass is 10.1. The first-order valence-corrected chi connectivity index (χ1v) is 11.1. The van der Waals surface area contributed by atoms with Gasteiger partial charge in [-0.1, -0.05) is 25.1 Å². The first-order chi connectivity index (χ1) is 17.0. The van der Waals surface area contributed by atoms with E-state index in [1.807, 2.05) is 6.92 Å². The Morgan fingerprint density at radius 2 is 1.47 bits per heavy atom. The molecule has 0 spiro atoms. The molecular weight excluding hydrogens is 473 g/mol. The summed E-state index contributed by atoms with van der Waals surface area (Å²) in [5, 5.41) is 10.9. The van der Waals surface area contributed by atoms with E-state index in [1.54, 1.807) is 37.3 Å². The van der Waals surface area contributed by atoms with Crippen molar-refractivity contribution in [2.24, 2.45) is 0 Å². The standard InChI is InChI=1S/C26H25F3N4O3/c1-3-23(34)33-22-14-21(11-10-16(22)2)31-24(35)15-30-19-8-4-6-17(12-19)25(36)32-20-9-5-7-18(13-20)26(27,28)29/h4-14,30H,3,15H2,1-2H3,(H,31,35)(H,32,36)(H,33,34). The minimum absolute atomic E-state index is 0.0140. The number of halogens is 3. The summed E-state index contributed by atoms with van der Waals surface area (Å²) in [7, 11) is 0. The fourth-order valence-electron chi connectivity index (χ4n) is 3.21. The van der Waals surface area contributed by atoms with E-state index < -0.39 is 17.6 Å². The molecule has 0 saturated carbocycles. The molecule has 4 N–H and O–H groups in total. The summed E-state index contributed by atoms with van der Waals surface area (Å²) in [6.45, 7) is 3.48. The third kappa shape index (κ3) is 7.33. The van der Waals surface area contributed by atoms with Crippen LogP contribution in [0.4, 0.5) is 35.9 Å². The molecule has 3 aromatic carbocycles. The third-order valence-corrected chi connectivity index (χ3v) is 5.14. The van der Waals surface area contributed by atoms with Crippen molar-refractivity contribution in [2.45, 2.75) is 26.4 Å². The maximum atomic E-state index is 12.9. The summed E-state index contributed by atoms with van der Waals surface area (Å²) >= 11 is 0. The molecule has 188 valence electrons. The number of amides is 3. The lowest BCUT2D eigenvalue weighted by Crippen LogP contribution is -2.22.